The highest BCUT2D eigenvalue weighted by Crippen LogP contribution is 2.34. The molecule has 2 rings (SSSR count). The van der Waals surface area contributed by atoms with Crippen LogP contribution in [-0.2, 0) is 0 Å². The molecule has 0 aliphatic heterocycles. The molecule has 0 radical (unpaired) electrons. The number of rotatable bonds is 3. The van der Waals surface area contributed by atoms with Crippen molar-refractivity contribution in [3.8, 4) is 0 Å². The zero-order valence-electron chi connectivity index (χ0n) is 8.03. The Hall–Kier alpha value is -1.13. The normalized spacial score (nSPS) is 17.2. The fourth-order valence-corrected chi connectivity index (χ4v) is 1.40. The summed E-state index contributed by atoms with van der Waals surface area (Å²) in [4.78, 5) is 15.5. The molecule has 1 aliphatic carbocycles. The van der Waals surface area contributed by atoms with Gasteiger partial charge < -0.3 is 10.4 Å². The van der Waals surface area contributed by atoms with Crippen LogP contribution in [0.1, 0.15) is 23.3 Å². The molecule has 0 atom stereocenters. The minimum Gasteiger partial charge on any atom is -0.394 e. The van der Waals surface area contributed by atoms with Crippen LogP contribution in [-0.4, -0.2) is 28.1 Å². The minimum atomic E-state index is -0.404. The van der Waals surface area contributed by atoms with E-state index in [2.05, 4.69) is 10.3 Å². The molecule has 1 amide bonds. The Bertz CT molecular complexity index is 374. The largest absolute Gasteiger partial charge is 0.394 e. The van der Waals surface area contributed by atoms with Gasteiger partial charge in [0.05, 0.1) is 17.2 Å². The number of carbonyl (C=O) groups is 1. The van der Waals surface area contributed by atoms with Crippen molar-refractivity contribution in [1.29, 1.82) is 0 Å². The average molecular weight is 227 g/mol. The molecule has 2 N–H and O–H groups in total. The Morgan fingerprint density at radius 2 is 2.33 bits per heavy atom. The van der Waals surface area contributed by atoms with Gasteiger partial charge in [0.15, 0.2) is 0 Å². The van der Waals surface area contributed by atoms with Crippen molar-refractivity contribution in [2.24, 2.45) is 0 Å². The smallest absolute Gasteiger partial charge is 0.270 e. The van der Waals surface area contributed by atoms with Gasteiger partial charge >= 0.3 is 0 Å². The Balaban J connectivity index is 2.05. The van der Waals surface area contributed by atoms with Crippen molar-refractivity contribution in [2.45, 2.75) is 18.4 Å². The fraction of sp³-hybridized carbons (Fsp3) is 0.400. The lowest BCUT2D eigenvalue weighted by Crippen LogP contribution is -2.39. The van der Waals surface area contributed by atoms with Crippen molar-refractivity contribution in [2.75, 3.05) is 6.61 Å². The number of hydrogen-bond acceptors (Lipinski definition) is 3. The van der Waals surface area contributed by atoms with Gasteiger partial charge in [0.25, 0.3) is 5.91 Å². The highest BCUT2D eigenvalue weighted by atomic mass is 35.5. The number of amides is 1. The van der Waals surface area contributed by atoms with Gasteiger partial charge in [-0.25, -0.2) is 4.98 Å². The van der Waals surface area contributed by atoms with E-state index in [-0.39, 0.29) is 12.5 Å². The Morgan fingerprint density at radius 3 is 2.80 bits per heavy atom. The summed E-state index contributed by atoms with van der Waals surface area (Å²) >= 11 is 5.65. The Morgan fingerprint density at radius 1 is 1.60 bits per heavy atom. The van der Waals surface area contributed by atoms with E-state index in [4.69, 9.17) is 16.7 Å². The van der Waals surface area contributed by atoms with E-state index in [9.17, 15) is 4.79 Å². The molecule has 1 saturated carbocycles. The molecule has 5 heteroatoms. The summed E-state index contributed by atoms with van der Waals surface area (Å²) in [5.41, 5.74) is -0.0857. The quantitative estimate of drug-likeness (QED) is 0.808. The Labute approximate surface area is 92.3 Å². The first-order chi connectivity index (χ1) is 7.15. The van der Waals surface area contributed by atoms with Gasteiger partial charge in [-0.15, -0.1) is 0 Å². The first-order valence-electron chi connectivity index (χ1n) is 4.70. The highest BCUT2D eigenvalue weighted by Gasteiger charge is 2.43. The van der Waals surface area contributed by atoms with Gasteiger partial charge in [-0.2, -0.15) is 0 Å². The van der Waals surface area contributed by atoms with Crippen molar-refractivity contribution in [3.05, 3.63) is 29.0 Å². The molecule has 0 saturated heterocycles. The second-order valence-electron chi connectivity index (χ2n) is 3.75. The Kier molecular flexibility index (Phi) is 2.63. The molecular formula is C10H11ClN2O2. The zero-order chi connectivity index (χ0) is 10.9. The number of nitrogens with zero attached hydrogens (tertiary/aromatic N) is 1. The number of hydrogen-bond donors (Lipinski definition) is 2. The van der Waals surface area contributed by atoms with E-state index in [1.165, 1.54) is 6.20 Å². The van der Waals surface area contributed by atoms with Crippen LogP contribution < -0.4 is 5.32 Å². The van der Waals surface area contributed by atoms with E-state index in [0.29, 0.717) is 10.7 Å². The van der Waals surface area contributed by atoms with Gasteiger partial charge in [0.1, 0.15) is 5.69 Å². The predicted molar refractivity (Wildman–Crippen MR) is 55.8 cm³/mol. The van der Waals surface area contributed by atoms with Crippen LogP contribution in [0, 0.1) is 0 Å². The lowest BCUT2D eigenvalue weighted by Gasteiger charge is -2.13. The number of aliphatic hydroxyl groups excluding tert-OH is 1. The van der Waals surface area contributed by atoms with Gasteiger partial charge in [-0.1, -0.05) is 11.6 Å². The van der Waals surface area contributed by atoms with Crippen molar-refractivity contribution >= 4 is 17.5 Å². The summed E-state index contributed by atoms with van der Waals surface area (Å²) in [6.45, 7) is -0.0215. The monoisotopic (exact) mass is 226 g/mol. The van der Waals surface area contributed by atoms with E-state index in [1.807, 2.05) is 0 Å². The highest BCUT2D eigenvalue weighted by molar-refractivity contribution is 6.30. The number of halogens is 1. The summed E-state index contributed by atoms with van der Waals surface area (Å²) in [5, 5.41) is 12.3. The number of pyridine rings is 1. The summed E-state index contributed by atoms with van der Waals surface area (Å²) in [6, 6.07) is 3.17. The van der Waals surface area contributed by atoms with Crippen LogP contribution in [0.2, 0.25) is 5.02 Å². The molecule has 1 aliphatic rings. The fourth-order valence-electron chi connectivity index (χ4n) is 1.29. The van der Waals surface area contributed by atoms with E-state index in [1.54, 1.807) is 12.1 Å². The topological polar surface area (TPSA) is 62.2 Å². The standard InChI is InChI=1S/C10H11ClN2O2/c11-7-1-2-8(12-5-7)9(15)13-10(6-14)3-4-10/h1-2,5,14H,3-4,6H2,(H,13,15). The molecular weight excluding hydrogens is 216 g/mol. The van der Waals surface area contributed by atoms with Crippen LogP contribution in [0.5, 0.6) is 0 Å². The second-order valence-corrected chi connectivity index (χ2v) is 4.19. The third-order valence-corrected chi connectivity index (χ3v) is 2.72. The zero-order valence-corrected chi connectivity index (χ0v) is 8.79. The lowest BCUT2D eigenvalue weighted by molar-refractivity contribution is 0.0902. The number of nitrogens with one attached hydrogen (secondary N) is 1. The summed E-state index contributed by atoms with van der Waals surface area (Å²) in [7, 11) is 0. The summed E-state index contributed by atoms with van der Waals surface area (Å²) in [5.74, 6) is -0.266. The molecule has 4 nitrogen and oxygen atoms in total. The molecule has 80 valence electrons. The molecule has 0 aromatic carbocycles. The van der Waals surface area contributed by atoms with E-state index >= 15 is 0 Å². The van der Waals surface area contributed by atoms with Crippen molar-refractivity contribution in [3.63, 3.8) is 0 Å². The van der Waals surface area contributed by atoms with Gasteiger partial charge in [-0.3, -0.25) is 4.79 Å². The van der Waals surface area contributed by atoms with Crippen LogP contribution in [0.3, 0.4) is 0 Å². The minimum absolute atomic E-state index is 0.0215. The molecule has 0 unspecified atom stereocenters. The lowest BCUT2D eigenvalue weighted by atomic mass is 10.2. The molecule has 0 spiro atoms. The number of carbonyl (C=O) groups excluding carboxylic acids is 1. The maximum atomic E-state index is 11.6. The second kappa shape index (κ2) is 3.79. The molecule has 1 heterocycles. The molecule has 1 aromatic rings. The van der Waals surface area contributed by atoms with Crippen LogP contribution in [0.15, 0.2) is 18.3 Å². The van der Waals surface area contributed by atoms with Gasteiger partial charge in [-0.05, 0) is 25.0 Å². The maximum Gasteiger partial charge on any atom is 0.270 e. The van der Waals surface area contributed by atoms with Crippen molar-refractivity contribution < 1.29 is 9.90 Å². The average Bonchev–Trinajstić information content (AvgIpc) is 2.99. The molecule has 1 fully saturated rings. The predicted octanol–water partition coefficient (Wildman–Crippen LogP) is 0.990. The first kappa shape index (κ1) is 10.4. The van der Waals surface area contributed by atoms with Gasteiger partial charge in [0.2, 0.25) is 0 Å². The third kappa shape index (κ3) is 2.27. The summed E-state index contributed by atoms with van der Waals surface area (Å²) in [6.07, 6.45) is 3.07. The number of aliphatic hydroxyl groups is 1. The van der Waals surface area contributed by atoms with Gasteiger partial charge in [0, 0.05) is 6.20 Å². The van der Waals surface area contributed by atoms with Crippen LogP contribution >= 0.6 is 11.6 Å². The van der Waals surface area contributed by atoms with Crippen LogP contribution in [0.4, 0.5) is 0 Å². The first-order valence-corrected chi connectivity index (χ1v) is 5.08. The number of aromatic nitrogens is 1. The molecule has 15 heavy (non-hydrogen) atoms. The van der Waals surface area contributed by atoms with E-state index in [0.717, 1.165) is 12.8 Å². The molecule has 0 bridgehead atoms. The van der Waals surface area contributed by atoms with Crippen LogP contribution in [0.25, 0.3) is 0 Å². The third-order valence-electron chi connectivity index (χ3n) is 2.49. The maximum absolute atomic E-state index is 11.6. The SMILES string of the molecule is O=C(NC1(CO)CC1)c1ccc(Cl)cn1. The summed E-state index contributed by atoms with van der Waals surface area (Å²) < 4.78 is 0. The van der Waals surface area contributed by atoms with E-state index < -0.39 is 5.54 Å². The van der Waals surface area contributed by atoms with Crippen molar-refractivity contribution in [1.82, 2.24) is 10.3 Å². The molecule has 1 aromatic heterocycles.